The van der Waals surface area contributed by atoms with E-state index in [1.807, 2.05) is 29.0 Å². The zero-order chi connectivity index (χ0) is 22.3. The average Bonchev–Trinajstić information content (AvgIpc) is 3.52. The summed E-state index contributed by atoms with van der Waals surface area (Å²) in [5.74, 6) is -1.21. The Labute approximate surface area is 192 Å². The molecule has 2 aromatic heterocycles. The first kappa shape index (κ1) is 20.8. The molecule has 1 aliphatic carbocycles. The monoisotopic (exact) mass is 469 g/mol. The maximum atomic E-state index is 13.4. The number of fused-ring (bicyclic) bond motifs is 2. The van der Waals surface area contributed by atoms with E-state index in [0.717, 1.165) is 33.1 Å². The number of amides is 4. The fraction of sp³-hybridized carbons (Fsp3) is 0.261. The van der Waals surface area contributed by atoms with Crippen LogP contribution >= 0.6 is 22.7 Å². The molecule has 1 aromatic carbocycles. The molecule has 0 unspecified atom stereocenters. The number of imide groups is 1. The number of benzene rings is 1. The fourth-order valence-corrected chi connectivity index (χ4v) is 6.27. The van der Waals surface area contributed by atoms with Crippen LogP contribution in [0.4, 0.5) is 9.18 Å². The number of carbonyl (C=O) groups is 3. The van der Waals surface area contributed by atoms with E-state index in [-0.39, 0.29) is 18.3 Å². The van der Waals surface area contributed by atoms with Gasteiger partial charge in [0, 0.05) is 15.3 Å². The molecule has 164 valence electrons. The number of rotatable bonds is 5. The van der Waals surface area contributed by atoms with Gasteiger partial charge < -0.3 is 10.6 Å². The Morgan fingerprint density at radius 3 is 2.72 bits per heavy atom. The molecule has 0 saturated carbocycles. The summed E-state index contributed by atoms with van der Waals surface area (Å²) in [6.07, 6.45) is 2.20. The number of halogens is 1. The predicted molar refractivity (Wildman–Crippen MR) is 120 cm³/mol. The maximum Gasteiger partial charge on any atom is 0.325 e. The minimum Gasteiger partial charge on any atom is -0.343 e. The smallest absolute Gasteiger partial charge is 0.325 e. The van der Waals surface area contributed by atoms with Gasteiger partial charge in [-0.15, -0.1) is 22.7 Å². The van der Waals surface area contributed by atoms with E-state index >= 15 is 0 Å². The summed E-state index contributed by atoms with van der Waals surface area (Å²) in [5, 5.41) is 9.59. The van der Waals surface area contributed by atoms with Crippen LogP contribution in [0.1, 0.15) is 39.8 Å². The number of nitrogens with one attached hydrogen (secondary N) is 2. The quantitative estimate of drug-likeness (QED) is 0.556. The van der Waals surface area contributed by atoms with Crippen LogP contribution in [0.25, 0.3) is 0 Å². The van der Waals surface area contributed by atoms with Crippen molar-refractivity contribution in [1.29, 1.82) is 0 Å². The number of hydrogen-bond acceptors (Lipinski definition) is 5. The molecule has 5 rings (SSSR count). The van der Waals surface area contributed by atoms with Crippen molar-refractivity contribution in [2.45, 2.75) is 30.8 Å². The lowest BCUT2D eigenvalue weighted by atomic mass is 9.80. The first-order valence-corrected chi connectivity index (χ1v) is 12.0. The molecule has 32 heavy (non-hydrogen) atoms. The van der Waals surface area contributed by atoms with E-state index in [2.05, 4.69) is 10.6 Å². The van der Waals surface area contributed by atoms with E-state index < -0.39 is 23.5 Å². The van der Waals surface area contributed by atoms with Crippen LogP contribution in [0, 0.1) is 5.82 Å². The number of hydrogen-bond donors (Lipinski definition) is 2. The maximum absolute atomic E-state index is 13.4. The summed E-state index contributed by atoms with van der Waals surface area (Å²) in [7, 11) is 0. The van der Waals surface area contributed by atoms with Crippen LogP contribution in [0.15, 0.2) is 53.2 Å². The molecule has 4 amide bonds. The molecule has 1 fully saturated rings. The van der Waals surface area contributed by atoms with E-state index in [1.165, 1.54) is 23.5 Å². The van der Waals surface area contributed by atoms with Crippen molar-refractivity contribution in [3.63, 3.8) is 0 Å². The van der Waals surface area contributed by atoms with Crippen molar-refractivity contribution in [2.75, 3.05) is 6.54 Å². The molecule has 3 heterocycles. The molecule has 6 nitrogen and oxygen atoms in total. The number of thiophene rings is 2. The largest absolute Gasteiger partial charge is 0.343 e. The zero-order valence-corrected chi connectivity index (χ0v) is 18.6. The topological polar surface area (TPSA) is 78.5 Å². The lowest BCUT2D eigenvalue weighted by Crippen LogP contribution is -2.47. The minimum atomic E-state index is -1.07. The lowest BCUT2D eigenvalue weighted by molar-refractivity contribution is -0.135. The summed E-state index contributed by atoms with van der Waals surface area (Å²) in [5.41, 5.74) is 0.485. The SMILES string of the molecule is O=C(CN1C(=O)N[C@@]2(CCCc3sccc32)C1=O)N[C@H](c1ccc(F)cc1)c1cccs1. The highest BCUT2D eigenvalue weighted by Gasteiger charge is 2.54. The van der Waals surface area contributed by atoms with Gasteiger partial charge in [-0.05, 0) is 59.9 Å². The van der Waals surface area contributed by atoms with Crippen LogP contribution < -0.4 is 10.6 Å². The van der Waals surface area contributed by atoms with Crippen LogP contribution in [0.3, 0.4) is 0 Å². The predicted octanol–water partition coefficient (Wildman–Crippen LogP) is 3.94. The van der Waals surface area contributed by atoms with Crippen LogP contribution in [-0.4, -0.2) is 29.3 Å². The summed E-state index contributed by atoms with van der Waals surface area (Å²) < 4.78 is 13.4. The molecule has 0 radical (unpaired) electrons. The van der Waals surface area contributed by atoms with Gasteiger partial charge in [0.25, 0.3) is 5.91 Å². The molecule has 1 spiro atoms. The third-order valence-corrected chi connectivity index (χ3v) is 7.89. The summed E-state index contributed by atoms with van der Waals surface area (Å²) in [4.78, 5) is 42.0. The molecule has 2 N–H and O–H groups in total. The fourth-order valence-electron chi connectivity index (χ4n) is 4.46. The molecule has 2 aliphatic rings. The van der Waals surface area contributed by atoms with Crippen molar-refractivity contribution in [1.82, 2.24) is 15.5 Å². The summed E-state index contributed by atoms with van der Waals surface area (Å²) in [6, 6.07) is 10.5. The molecule has 1 saturated heterocycles. The number of urea groups is 1. The highest BCUT2D eigenvalue weighted by atomic mass is 32.1. The third kappa shape index (κ3) is 3.51. The molecule has 0 bridgehead atoms. The van der Waals surface area contributed by atoms with Gasteiger partial charge in [0.2, 0.25) is 5.91 Å². The van der Waals surface area contributed by atoms with Crippen molar-refractivity contribution in [3.8, 4) is 0 Å². The Morgan fingerprint density at radius 2 is 1.97 bits per heavy atom. The Balaban J connectivity index is 1.36. The van der Waals surface area contributed by atoms with Crippen LogP contribution in [-0.2, 0) is 21.5 Å². The Bertz CT molecular complexity index is 1180. The van der Waals surface area contributed by atoms with Gasteiger partial charge in [-0.25, -0.2) is 9.18 Å². The van der Waals surface area contributed by atoms with Gasteiger partial charge in [-0.2, -0.15) is 0 Å². The molecule has 3 aromatic rings. The Morgan fingerprint density at radius 1 is 1.16 bits per heavy atom. The van der Waals surface area contributed by atoms with Gasteiger partial charge >= 0.3 is 6.03 Å². The van der Waals surface area contributed by atoms with Crippen LogP contribution in [0.2, 0.25) is 0 Å². The molecule has 1 aliphatic heterocycles. The third-order valence-electron chi connectivity index (χ3n) is 5.97. The second-order valence-electron chi connectivity index (χ2n) is 7.91. The van der Waals surface area contributed by atoms with Gasteiger partial charge in [-0.3, -0.25) is 14.5 Å². The van der Waals surface area contributed by atoms with Crippen molar-refractivity contribution in [3.05, 3.63) is 79.9 Å². The van der Waals surface area contributed by atoms with Gasteiger partial charge in [0.05, 0.1) is 6.04 Å². The Hall–Kier alpha value is -3.04. The molecular weight excluding hydrogens is 449 g/mol. The normalized spacial score (nSPS) is 20.8. The molecule has 9 heteroatoms. The van der Waals surface area contributed by atoms with E-state index in [4.69, 9.17) is 0 Å². The van der Waals surface area contributed by atoms with E-state index in [9.17, 15) is 18.8 Å². The summed E-state index contributed by atoms with van der Waals surface area (Å²) in [6.45, 7) is -0.380. The second-order valence-corrected chi connectivity index (χ2v) is 9.89. The minimum absolute atomic E-state index is 0.366. The van der Waals surface area contributed by atoms with Gasteiger partial charge in [-0.1, -0.05) is 18.2 Å². The van der Waals surface area contributed by atoms with Crippen molar-refractivity contribution < 1.29 is 18.8 Å². The summed E-state index contributed by atoms with van der Waals surface area (Å²) >= 11 is 3.04. The van der Waals surface area contributed by atoms with Crippen molar-refractivity contribution in [2.24, 2.45) is 0 Å². The van der Waals surface area contributed by atoms with Crippen molar-refractivity contribution >= 4 is 40.5 Å². The zero-order valence-electron chi connectivity index (χ0n) is 17.0. The first-order valence-electron chi connectivity index (χ1n) is 10.3. The average molecular weight is 470 g/mol. The number of nitrogens with zero attached hydrogens (tertiary/aromatic N) is 1. The molecular formula is C23H20FN3O3S2. The Kier molecular flexibility index (Phi) is 5.30. The second kappa shape index (κ2) is 8.14. The first-order chi connectivity index (χ1) is 15.5. The van der Waals surface area contributed by atoms with E-state index in [1.54, 1.807) is 23.5 Å². The standard InChI is InChI=1S/C23H20FN3O3S2/c24-15-7-5-14(6-8-15)20(18-4-2-11-31-18)25-19(28)13-27-21(29)23(26-22(27)30)10-1-3-17-16(23)9-12-32-17/h2,4-9,11-12,20H,1,3,10,13H2,(H,25,28)(H,26,30)/t20-,23-/m1/s1. The van der Waals surface area contributed by atoms with Crippen LogP contribution in [0.5, 0.6) is 0 Å². The highest BCUT2D eigenvalue weighted by molar-refractivity contribution is 7.10. The lowest BCUT2D eigenvalue weighted by Gasteiger charge is -2.31. The van der Waals surface area contributed by atoms with Gasteiger partial charge in [0.15, 0.2) is 0 Å². The number of carbonyl (C=O) groups excluding carboxylic acids is 3. The highest BCUT2D eigenvalue weighted by Crippen LogP contribution is 2.42. The molecule has 2 atom stereocenters. The van der Waals surface area contributed by atoms with Gasteiger partial charge in [0.1, 0.15) is 17.9 Å². The number of aryl methyl sites for hydroxylation is 1. The van der Waals surface area contributed by atoms with E-state index in [0.29, 0.717) is 12.0 Å².